The summed E-state index contributed by atoms with van der Waals surface area (Å²) in [4.78, 5) is 0. The Kier molecular flexibility index (Phi) is 3.27. The fourth-order valence-corrected chi connectivity index (χ4v) is 2.05. The third kappa shape index (κ3) is 2.32. The van der Waals surface area contributed by atoms with Gasteiger partial charge in [-0.15, -0.1) is 0 Å². The Morgan fingerprint density at radius 1 is 1.06 bits per heavy atom. The van der Waals surface area contributed by atoms with E-state index < -0.39 is 11.4 Å². The van der Waals surface area contributed by atoms with E-state index in [9.17, 15) is 9.50 Å². The lowest BCUT2D eigenvalue weighted by Gasteiger charge is -2.23. The van der Waals surface area contributed by atoms with Gasteiger partial charge in [-0.1, -0.05) is 47.9 Å². The lowest BCUT2D eigenvalue weighted by molar-refractivity contribution is 0.0754. The van der Waals surface area contributed by atoms with Crippen LogP contribution in [-0.2, 0) is 5.60 Å². The number of hydrogen-bond acceptors (Lipinski definition) is 1. The van der Waals surface area contributed by atoms with Crippen LogP contribution >= 0.6 is 0 Å². The molecule has 2 aromatic carbocycles. The van der Waals surface area contributed by atoms with Gasteiger partial charge in [0.15, 0.2) is 0 Å². The smallest absolute Gasteiger partial charge is 0.122 e. The van der Waals surface area contributed by atoms with Crippen molar-refractivity contribution in [2.24, 2.45) is 0 Å². The summed E-state index contributed by atoms with van der Waals surface area (Å²) in [6.07, 6.45) is 0. The molecule has 0 aliphatic rings. The number of benzene rings is 2. The van der Waals surface area contributed by atoms with Gasteiger partial charge < -0.3 is 5.11 Å². The number of hydrogen-bond donors (Lipinski definition) is 1. The largest absolute Gasteiger partial charge is 0.386 e. The van der Waals surface area contributed by atoms with Crippen LogP contribution in [-0.4, -0.2) is 13.0 Å². The molecule has 1 N–H and O–H groups in total. The van der Waals surface area contributed by atoms with Gasteiger partial charge >= 0.3 is 0 Å². The molecule has 0 fully saturated rings. The zero-order valence-corrected chi connectivity index (χ0v) is 10.4. The Hall–Kier alpha value is -1.61. The van der Waals surface area contributed by atoms with Crippen LogP contribution in [0.3, 0.4) is 0 Å². The van der Waals surface area contributed by atoms with E-state index in [1.165, 1.54) is 6.07 Å². The van der Waals surface area contributed by atoms with E-state index in [2.05, 4.69) is 0 Å². The van der Waals surface area contributed by atoms with E-state index in [0.717, 1.165) is 5.56 Å². The predicted molar refractivity (Wildman–Crippen MR) is 72.5 cm³/mol. The standard InChI is InChI=1S/C15H14BFO/c1-15(2,18)13-11(8-9-12(16)14(13)17)10-6-4-3-5-7-10/h3-9,18H,1-2H3. The van der Waals surface area contributed by atoms with Crippen LogP contribution in [0.25, 0.3) is 11.1 Å². The van der Waals surface area contributed by atoms with Crippen LogP contribution in [0.1, 0.15) is 19.4 Å². The molecular formula is C15H14BFO. The normalized spacial score (nSPS) is 11.6. The van der Waals surface area contributed by atoms with Crippen molar-refractivity contribution in [2.45, 2.75) is 19.4 Å². The second-order valence-corrected chi connectivity index (χ2v) is 4.82. The van der Waals surface area contributed by atoms with E-state index in [1.54, 1.807) is 19.9 Å². The van der Waals surface area contributed by atoms with Gasteiger partial charge in [-0.2, -0.15) is 0 Å². The molecule has 0 spiro atoms. The summed E-state index contributed by atoms with van der Waals surface area (Å²) in [5.41, 5.74) is 0.508. The molecule has 0 saturated carbocycles. The van der Waals surface area contributed by atoms with Crippen LogP contribution in [0, 0.1) is 5.82 Å². The van der Waals surface area contributed by atoms with E-state index in [4.69, 9.17) is 7.85 Å². The average molecular weight is 240 g/mol. The second-order valence-electron chi connectivity index (χ2n) is 4.82. The molecule has 0 saturated heterocycles. The Balaban J connectivity index is 2.73. The van der Waals surface area contributed by atoms with Gasteiger partial charge in [0.05, 0.1) is 5.60 Å². The predicted octanol–water partition coefficient (Wildman–Crippen LogP) is 2.51. The van der Waals surface area contributed by atoms with Gasteiger partial charge in [-0.25, -0.2) is 4.39 Å². The van der Waals surface area contributed by atoms with Crippen molar-refractivity contribution >= 4 is 13.3 Å². The highest BCUT2D eigenvalue weighted by molar-refractivity contribution is 6.32. The summed E-state index contributed by atoms with van der Waals surface area (Å²) >= 11 is 0. The van der Waals surface area contributed by atoms with Crippen molar-refractivity contribution in [1.82, 2.24) is 0 Å². The molecule has 0 amide bonds. The molecular weight excluding hydrogens is 226 g/mol. The van der Waals surface area contributed by atoms with Crippen LogP contribution < -0.4 is 5.46 Å². The molecule has 0 bridgehead atoms. The Labute approximate surface area is 108 Å². The molecule has 1 nitrogen and oxygen atoms in total. The minimum absolute atomic E-state index is 0.0480. The zero-order chi connectivity index (χ0) is 13.3. The molecule has 0 aromatic heterocycles. The molecule has 0 aliphatic carbocycles. The molecule has 0 atom stereocenters. The van der Waals surface area contributed by atoms with Gasteiger partial charge in [0, 0.05) is 5.56 Å². The van der Waals surface area contributed by atoms with Gasteiger partial charge in [0.1, 0.15) is 13.7 Å². The molecule has 2 rings (SSSR count). The second kappa shape index (κ2) is 4.58. The first kappa shape index (κ1) is 12.8. The number of rotatable bonds is 2. The lowest BCUT2D eigenvalue weighted by Crippen LogP contribution is -2.24. The summed E-state index contributed by atoms with van der Waals surface area (Å²) in [6, 6.07) is 12.6. The first-order valence-electron chi connectivity index (χ1n) is 5.77. The maximum Gasteiger partial charge on any atom is 0.122 e. The molecule has 2 aromatic rings. The van der Waals surface area contributed by atoms with Crippen molar-refractivity contribution < 1.29 is 9.50 Å². The average Bonchev–Trinajstić information content (AvgIpc) is 2.32. The van der Waals surface area contributed by atoms with Crippen LogP contribution in [0.4, 0.5) is 4.39 Å². The lowest BCUT2D eigenvalue weighted by atomic mass is 9.83. The fraction of sp³-hybridized carbons (Fsp3) is 0.200. The highest BCUT2D eigenvalue weighted by Gasteiger charge is 2.25. The third-order valence-electron chi connectivity index (χ3n) is 2.87. The Morgan fingerprint density at radius 2 is 1.67 bits per heavy atom. The molecule has 0 aliphatic heterocycles. The van der Waals surface area contributed by atoms with Crippen molar-refractivity contribution in [3.63, 3.8) is 0 Å². The van der Waals surface area contributed by atoms with Crippen molar-refractivity contribution in [2.75, 3.05) is 0 Å². The molecule has 2 radical (unpaired) electrons. The first-order chi connectivity index (χ1) is 8.41. The summed E-state index contributed by atoms with van der Waals surface area (Å²) in [7, 11) is 5.58. The van der Waals surface area contributed by atoms with Gasteiger partial charge in [0.25, 0.3) is 0 Å². The monoisotopic (exact) mass is 240 g/mol. The summed E-state index contributed by atoms with van der Waals surface area (Å²) in [6.45, 7) is 3.11. The van der Waals surface area contributed by atoms with E-state index in [1.807, 2.05) is 30.3 Å². The Morgan fingerprint density at radius 3 is 2.22 bits per heavy atom. The van der Waals surface area contributed by atoms with Crippen LogP contribution in [0.5, 0.6) is 0 Å². The molecule has 3 heteroatoms. The minimum Gasteiger partial charge on any atom is -0.386 e. The molecule has 90 valence electrons. The maximum atomic E-state index is 14.2. The number of halogens is 1. The topological polar surface area (TPSA) is 20.2 Å². The molecule has 0 unspecified atom stereocenters. The van der Waals surface area contributed by atoms with E-state index in [-0.39, 0.29) is 11.0 Å². The summed E-state index contributed by atoms with van der Waals surface area (Å²) in [5.74, 6) is -0.552. The Bertz CT molecular complexity index is 559. The van der Waals surface area contributed by atoms with Gasteiger partial charge in [-0.05, 0) is 25.0 Å². The van der Waals surface area contributed by atoms with E-state index >= 15 is 0 Å². The quantitative estimate of drug-likeness (QED) is 0.799. The summed E-state index contributed by atoms with van der Waals surface area (Å²) < 4.78 is 14.2. The SMILES string of the molecule is [B]c1ccc(-c2ccccc2)c(C(C)(C)O)c1F. The maximum absolute atomic E-state index is 14.2. The highest BCUT2D eigenvalue weighted by atomic mass is 19.1. The van der Waals surface area contributed by atoms with Crippen LogP contribution in [0.2, 0.25) is 0 Å². The highest BCUT2D eigenvalue weighted by Crippen LogP contribution is 2.32. The third-order valence-corrected chi connectivity index (χ3v) is 2.87. The van der Waals surface area contributed by atoms with E-state index in [0.29, 0.717) is 5.56 Å². The van der Waals surface area contributed by atoms with Crippen LogP contribution in [0.15, 0.2) is 42.5 Å². The minimum atomic E-state index is -1.29. The molecule has 0 heterocycles. The van der Waals surface area contributed by atoms with Gasteiger partial charge in [-0.3, -0.25) is 0 Å². The van der Waals surface area contributed by atoms with Crippen molar-refractivity contribution in [1.29, 1.82) is 0 Å². The summed E-state index contributed by atoms with van der Waals surface area (Å²) in [5, 5.41) is 10.1. The number of aliphatic hydroxyl groups is 1. The molecule has 18 heavy (non-hydrogen) atoms. The zero-order valence-electron chi connectivity index (χ0n) is 10.4. The van der Waals surface area contributed by atoms with Crippen molar-refractivity contribution in [3.8, 4) is 11.1 Å². The first-order valence-corrected chi connectivity index (χ1v) is 5.77. The fourth-order valence-electron chi connectivity index (χ4n) is 2.05. The van der Waals surface area contributed by atoms with Crippen molar-refractivity contribution in [3.05, 3.63) is 53.8 Å². The van der Waals surface area contributed by atoms with Gasteiger partial charge in [0.2, 0.25) is 0 Å².